The van der Waals surface area contributed by atoms with Crippen LogP contribution in [0.15, 0.2) is 28.8 Å². The molecule has 2 N–H and O–H groups in total. The molecular weight excluding hydrogens is 268 g/mol. The van der Waals surface area contributed by atoms with Crippen LogP contribution >= 0.6 is 0 Å². The Balaban J connectivity index is 2.02. The van der Waals surface area contributed by atoms with Crippen LogP contribution in [0.5, 0.6) is 0 Å². The van der Waals surface area contributed by atoms with Gasteiger partial charge in [-0.25, -0.2) is 9.97 Å². The van der Waals surface area contributed by atoms with Gasteiger partial charge < -0.3 is 15.1 Å². The number of anilines is 1. The zero-order valence-corrected chi connectivity index (χ0v) is 12.5. The molecule has 6 heteroatoms. The number of pyridine rings is 1. The van der Waals surface area contributed by atoms with E-state index in [2.05, 4.69) is 27.5 Å². The van der Waals surface area contributed by atoms with Crippen molar-refractivity contribution in [3.63, 3.8) is 0 Å². The minimum atomic E-state index is -0.305. The summed E-state index contributed by atoms with van der Waals surface area (Å²) < 4.78 is 5.40. The van der Waals surface area contributed by atoms with Gasteiger partial charge in [-0.3, -0.25) is 4.79 Å². The summed E-state index contributed by atoms with van der Waals surface area (Å²) in [6, 6.07) is 5.02. The molecule has 6 nitrogen and oxygen atoms in total. The van der Waals surface area contributed by atoms with E-state index in [9.17, 15) is 4.79 Å². The summed E-state index contributed by atoms with van der Waals surface area (Å²) in [5, 5.41) is 5.98. The van der Waals surface area contributed by atoms with E-state index in [0.717, 1.165) is 18.7 Å². The predicted molar refractivity (Wildman–Crippen MR) is 80.1 cm³/mol. The number of nitrogens with one attached hydrogen (secondary N) is 2. The van der Waals surface area contributed by atoms with Gasteiger partial charge in [-0.2, -0.15) is 0 Å². The van der Waals surface area contributed by atoms with E-state index in [1.165, 1.54) is 0 Å². The summed E-state index contributed by atoms with van der Waals surface area (Å²) in [6.45, 7) is 6.53. The molecule has 2 heterocycles. The van der Waals surface area contributed by atoms with Gasteiger partial charge in [0.2, 0.25) is 5.89 Å². The zero-order valence-electron chi connectivity index (χ0n) is 12.5. The molecule has 1 unspecified atom stereocenters. The Morgan fingerprint density at radius 1 is 1.43 bits per heavy atom. The number of nitrogens with zero attached hydrogens (tertiary/aromatic N) is 2. The lowest BCUT2D eigenvalue weighted by Gasteiger charge is -2.11. The van der Waals surface area contributed by atoms with Gasteiger partial charge in [0.15, 0.2) is 0 Å². The maximum absolute atomic E-state index is 12.2. The summed E-state index contributed by atoms with van der Waals surface area (Å²) in [5.74, 6) is 1.65. The number of aromatic nitrogens is 2. The largest absolute Gasteiger partial charge is 0.444 e. The van der Waals surface area contributed by atoms with E-state index >= 15 is 0 Å². The molecule has 1 amide bonds. The molecule has 0 aliphatic carbocycles. The van der Waals surface area contributed by atoms with Crippen molar-refractivity contribution in [3.05, 3.63) is 41.7 Å². The molecule has 2 aromatic rings. The summed E-state index contributed by atoms with van der Waals surface area (Å²) in [4.78, 5) is 20.6. The molecule has 2 rings (SSSR count). The first-order valence-electron chi connectivity index (χ1n) is 7.04. The quantitative estimate of drug-likeness (QED) is 0.854. The molecule has 0 bridgehead atoms. The minimum Gasteiger partial charge on any atom is -0.444 e. The van der Waals surface area contributed by atoms with Crippen molar-refractivity contribution in [1.29, 1.82) is 0 Å². The van der Waals surface area contributed by atoms with Crippen LogP contribution in [0.3, 0.4) is 0 Å². The van der Waals surface area contributed by atoms with E-state index in [1.54, 1.807) is 18.3 Å². The Bertz CT molecular complexity index is 609. The maximum Gasteiger partial charge on any atom is 0.270 e. The van der Waals surface area contributed by atoms with Crippen molar-refractivity contribution in [3.8, 4) is 0 Å². The van der Waals surface area contributed by atoms with Crippen molar-refractivity contribution < 1.29 is 9.21 Å². The molecule has 0 saturated heterocycles. The highest BCUT2D eigenvalue weighted by atomic mass is 16.4. The zero-order chi connectivity index (χ0) is 15.2. The van der Waals surface area contributed by atoms with Crippen LogP contribution in [0.2, 0.25) is 0 Å². The standard InChI is InChI=1S/C15H20N4O2/c1-4-8-16-13-7-5-6-12(19-13)14(20)18-11(3)15-17-9-10(2)21-15/h5-7,9,11H,4,8H2,1-3H3,(H,16,19)(H,18,20). The Morgan fingerprint density at radius 2 is 2.24 bits per heavy atom. The van der Waals surface area contributed by atoms with Gasteiger partial charge in [-0.1, -0.05) is 13.0 Å². The van der Waals surface area contributed by atoms with Crippen LogP contribution < -0.4 is 10.6 Å². The van der Waals surface area contributed by atoms with Gasteiger partial charge in [0.25, 0.3) is 5.91 Å². The summed E-state index contributed by atoms with van der Waals surface area (Å²) in [5.41, 5.74) is 0.367. The van der Waals surface area contributed by atoms with Gasteiger partial charge in [-0.05, 0) is 32.4 Å². The Hall–Kier alpha value is -2.37. The summed E-state index contributed by atoms with van der Waals surface area (Å²) in [6.07, 6.45) is 2.63. The second-order valence-electron chi connectivity index (χ2n) is 4.84. The fourth-order valence-electron chi connectivity index (χ4n) is 1.82. The van der Waals surface area contributed by atoms with E-state index in [0.29, 0.717) is 17.4 Å². The van der Waals surface area contributed by atoms with E-state index in [4.69, 9.17) is 4.42 Å². The molecular formula is C15H20N4O2. The van der Waals surface area contributed by atoms with E-state index in [-0.39, 0.29) is 11.9 Å². The highest BCUT2D eigenvalue weighted by molar-refractivity contribution is 5.92. The fraction of sp³-hybridized carbons (Fsp3) is 0.400. The second-order valence-corrected chi connectivity index (χ2v) is 4.84. The van der Waals surface area contributed by atoms with Crippen LogP contribution in [0, 0.1) is 6.92 Å². The minimum absolute atomic E-state index is 0.251. The molecule has 2 aromatic heterocycles. The number of aryl methyl sites for hydroxylation is 1. The average Bonchev–Trinajstić information content (AvgIpc) is 2.92. The average molecular weight is 288 g/mol. The number of oxazole rings is 1. The summed E-state index contributed by atoms with van der Waals surface area (Å²) in [7, 11) is 0. The normalized spacial score (nSPS) is 12.0. The van der Waals surface area contributed by atoms with Crippen molar-refractivity contribution in [2.45, 2.75) is 33.2 Å². The third-order valence-electron chi connectivity index (χ3n) is 2.90. The number of amides is 1. The van der Waals surface area contributed by atoms with Crippen molar-refractivity contribution in [2.75, 3.05) is 11.9 Å². The number of carbonyl (C=O) groups is 1. The maximum atomic E-state index is 12.2. The monoisotopic (exact) mass is 288 g/mol. The molecule has 0 aromatic carbocycles. The molecule has 112 valence electrons. The SMILES string of the molecule is CCCNc1cccc(C(=O)NC(C)c2ncc(C)o2)n1. The highest BCUT2D eigenvalue weighted by Crippen LogP contribution is 2.13. The van der Waals surface area contributed by atoms with Gasteiger partial charge >= 0.3 is 0 Å². The van der Waals surface area contributed by atoms with Crippen LogP contribution in [0.25, 0.3) is 0 Å². The molecule has 0 radical (unpaired) electrons. The van der Waals surface area contributed by atoms with E-state index < -0.39 is 0 Å². The third-order valence-corrected chi connectivity index (χ3v) is 2.90. The predicted octanol–water partition coefficient (Wildman–Crippen LogP) is 2.69. The molecule has 0 fully saturated rings. The first-order chi connectivity index (χ1) is 10.1. The lowest BCUT2D eigenvalue weighted by Crippen LogP contribution is -2.27. The highest BCUT2D eigenvalue weighted by Gasteiger charge is 2.16. The molecule has 0 spiro atoms. The van der Waals surface area contributed by atoms with Crippen LogP contribution in [0.4, 0.5) is 5.82 Å². The van der Waals surface area contributed by atoms with Crippen molar-refractivity contribution in [1.82, 2.24) is 15.3 Å². The Kier molecular flexibility index (Phi) is 4.92. The molecule has 0 aliphatic rings. The Labute approximate surface area is 124 Å². The van der Waals surface area contributed by atoms with Crippen LogP contribution in [0.1, 0.15) is 48.4 Å². The smallest absolute Gasteiger partial charge is 0.270 e. The number of hydrogen-bond acceptors (Lipinski definition) is 5. The Morgan fingerprint density at radius 3 is 2.90 bits per heavy atom. The third kappa shape index (κ3) is 4.05. The molecule has 1 atom stereocenters. The lowest BCUT2D eigenvalue weighted by atomic mass is 10.3. The number of rotatable bonds is 6. The van der Waals surface area contributed by atoms with Crippen molar-refractivity contribution in [2.24, 2.45) is 0 Å². The van der Waals surface area contributed by atoms with Gasteiger partial charge in [0.05, 0.1) is 6.20 Å². The van der Waals surface area contributed by atoms with Gasteiger partial charge in [0, 0.05) is 6.54 Å². The van der Waals surface area contributed by atoms with Gasteiger partial charge in [0.1, 0.15) is 23.3 Å². The molecule has 0 aliphatic heterocycles. The molecule has 21 heavy (non-hydrogen) atoms. The molecule has 0 saturated carbocycles. The summed E-state index contributed by atoms with van der Waals surface area (Å²) >= 11 is 0. The van der Waals surface area contributed by atoms with Gasteiger partial charge in [-0.15, -0.1) is 0 Å². The lowest BCUT2D eigenvalue weighted by molar-refractivity contribution is 0.0929. The van der Waals surface area contributed by atoms with Crippen LogP contribution in [-0.2, 0) is 0 Å². The van der Waals surface area contributed by atoms with Crippen LogP contribution in [-0.4, -0.2) is 22.4 Å². The number of carbonyl (C=O) groups excluding carboxylic acids is 1. The number of hydrogen-bond donors (Lipinski definition) is 2. The van der Waals surface area contributed by atoms with Crippen molar-refractivity contribution >= 4 is 11.7 Å². The first kappa shape index (κ1) is 15.0. The van der Waals surface area contributed by atoms with E-state index in [1.807, 2.05) is 19.9 Å². The topological polar surface area (TPSA) is 80.0 Å². The first-order valence-corrected chi connectivity index (χ1v) is 7.04. The fourth-order valence-corrected chi connectivity index (χ4v) is 1.82. The second kappa shape index (κ2) is 6.88.